The van der Waals surface area contributed by atoms with E-state index in [0.717, 1.165) is 0 Å². The first-order valence-corrected chi connectivity index (χ1v) is 8.41. The van der Waals surface area contributed by atoms with Crippen molar-refractivity contribution in [3.8, 4) is 0 Å². The number of aliphatic carboxylic acids is 1. The summed E-state index contributed by atoms with van der Waals surface area (Å²) in [7, 11) is -1.58. The summed E-state index contributed by atoms with van der Waals surface area (Å²) in [4.78, 5) is 24.4. The molecule has 1 aliphatic heterocycles. The first kappa shape index (κ1) is 16.7. The molecule has 2 unspecified atom stereocenters. The van der Waals surface area contributed by atoms with E-state index < -0.39 is 27.9 Å². The van der Waals surface area contributed by atoms with Gasteiger partial charge in [-0.05, 0) is 18.8 Å². The Kier molecular flexibility index (Phi) is 5.38. The Morgan fingerprint density at radius 2 is 2.00 bits per heavy atom. The van der Waals surface area contributed by atoms with Crippen LogP contribution in [0.4, 0.5) is 4.79 Å². The molecule has 2 atom stereocenters. The summed E-state index contributed by atoms with van der Waals surface area (Å²) in [6.07, 6.45) is 0.728. The normalized spacial score (nSPS) is 22.5. The van der Waals surface area contributed by atoms with Gasteiger partial charge >= 0.3 is 12.0 Å². The van der Waals surface area contributed by atoms with Gasteiger partial charge in [-0.15, -0.1) is 0 Å². The van der Waals surface area contributed by atoms with Crippen LogP contribution in [-0.4, -0.2) is 61.1 Å². The molecule has 0 aromatic heterocycles. The fourth-order valence-electron chi connectivity index (χ4n) is 2.19. The summed E-state index contributed by atoms with van der Waals surface area (Å²) in [5.74, 6) is -0.935. The average Bonchev–Trinajstić information content (AvgIpc) is 2.67. The monoisotopic (exact) mass is 306 g/mol. The van der Waals surface area contributed by atoms with Crippen molar-refractivity contribution >= 4 is 21.8 Å². The van der Waals surface area contributed by atoms with Gasteiger partial charge in [0.25, 0.3) is 0 Å². The van der Waals surface area contributed by atoms with E-state index in [2.05, 4.69) is 5.32 Å². The maximum Gasteiger partial charge on any atom is 0.326 e. The summed E-state index contributed by atoms with van der Waals surface area (Å²) in [5.41, 5.74) is 0. The van der Waals surface area contributed by atoms with Gasteiger partial charge in [0.1, 0.15) is 6.04 Å². The zero-order chi connectivity index (χ0) is 15.5. The second-order valence-electron chi connectivity index (χ2n) is 5.64. The third-order valence-electron chi connectivity index (χ3n) is 3.38. The van der Waals surface area contributed by atoms with E-state index in [1.807, 2.05) is 13.8 Å². The highest BCUT2D eigenvalue weighted by Crippen LogP contribution is 2.16. The number of sulfone groups is 1. The van der Waals surface area contributed by atoms with Gasteiger partial charge < -0.3 is 15.3 Å². The Labute approximate surface area is 119 Å². The molecule has 20 heavy (non-hydrogen) atoms. The Balaban J connectivity index is 2.62. The van der Waals surface area contributed by atoms with Crippen LogP contribution in [0.1, 0.15) is 26.7 Å². The van der Waals surface area contributed by atoms with Crippen LogP contribution >= 0.6 is 0 Å². The molecule has 8 heteroatoms. The van der Waals surface area contributed by atoms with E-state index in [-0.39, 0.29) is 23.5 Å². The molecule has 0 spiro atoms. The predicted molar refractivity (Wildman–Crippen MR) is 74.2 cm³/mol. The van der Waals surface area contributed by atoms with Crippen molar-refractivity contribution in [3.63, 3.8) is 0 Å². The maximum absolute atomic E-state index is 12.0. The summed E-state index contributed by atoms with van der Waals surface area (Å²) in [6.45, 7) is 3.74. The predicted octanol–water partition coefficient (Wildman–Crippen LogP) is 0.314. The lowest BCUT2D eigenvalue weighted by molar-refractivity contribution is -0.139. The highest BCUT2D eigenvalue weighted by molar-refractivity contribution is 7.91. The standard InChI is InChI=1S/C12H22N2O5S/c1-8(2)6-10(11(15)16)13-12(17)14(3)9-4-5-20(18,19)7-9/h8-10H,4-7H2,1-3H3,(H,13,17)(H,15,16). The van der Waals surface area contributed by atoms with E-state index in [9.17, 15) is 18.0 Å². The van der Waals surface area contributed by atoms with Crippen molar-refractivity contribution in [3.05, 3.63) is 0 Å². The molecule has 1 aliphatic rings. The molecule has 7 nitrogen and oxygen atoms in total. The van der Waals surface area contributed by atoms with Crippen molar-refractivity contribution in [2.24, 2.45) is 5.92 Å². The first-order valence-electron chi connectivity index (χ1n) is 6.59. The average molecular weight is 306 g/mol. The fourth-order valence-corrected chi connectivity index (χ4v) is 3.96. The van der Waals surface area contributed by atoms with E-state index in [4.69, 9.17) is 5.11 Å². The van der Waals surface area contributed by atoms with Crippen molar-refractivity contribution in [1.82, 2.24) is 10.2 Å². The first-order chi connectivity index (χ1) is 9.12. The number of nitrogens with zero attached hydrogens (tertiary/aromatic N) is 1. The zero-order valence-corrected chi connectivity index (χ0v) is 12.8. The lowest BCUT2D eigenvalue weighted by Crippen LogP contribution is -2.50. The molecule has 116 valence electrons. The largest absolute Gasteiger partial charge is 0.480 e. The number of carbonyl (C=O) groups excluding carboxylic acids is 1. The quantitative estimate of drug-likeness (QED) is 0.761. The maximum atomic E-state index is 12.0. The van der Waals surface area contributed by atoms with Gasteiger partial charge in [-0.1, -0.05) is 13.8 Å². The molecule has 2 amide bonds. The minimum absolute atomic E-state index is 0.0567. The van der Waals surface area contributed by atoms with Crippen molar-refractivity contribution < 1.29 is 23.1 Å². The molecule has 1 heterocycles. The SMILES string of the molecule is CC(C)CC(NC(=O)N(C)C1CCS(=O)(=O)C1)C(=O)O. The molecule has 2 N–H and O–H groups in total. The molecular formula is C12H22N2O5S. The lowest BCUT2D eigenvalue weighted by Gasteiger charge is -2.26. The topological polar surface area (TPSA) is 104 Å². The third-order valence-corrected chi connectivity index (χ3v) is 5.13. The Bertz CT molecular complexity index is 474. The number of hydrogen-bond acceptors (Lipinski definition) is 4. The summed E-state index contributed by atoms with van der Waals surface area (Å²) in [5, 5.41) is 11.5. The number of carbonyl (C=O) groups is 2. The van der Waals surface area contributed by atoms with Crippen LogP contribution < -0.4 is 5.32 Å². The van der Waals surface area contributed by atoms with Gasteiger partial charge in [-0.2, -0.15) is 0 Å². The minimum atomic E-state index is -3.08. The van der Waals surface area contributed by atoms with Gasteiger partial charge in [-0.3, -0.25) is 0 Å². The molecular weight excluding hydrogens is 284 g/mol. The third kappa shape index (κ3) is 4.66. The Morgan fingerprint density at radius 1 is 1.40 bits per heavy atom. The molecule has 0 aliphatic carbocycles. The smallest absolute Gasteiger partial charge is 0.326 e. The van der Waals surface area contributed by atoms with Crippen LogP contribution in [-0.2, 0) is 14.6 Å². The number of hydrogen-bond donors (Lipinski definition) is 2. The number of nitrogens with one attached hydrogen (secondary N) is 1. The summed E-state index contributed by atoms with van der Waals surface area (Å²) < 4.78 is 22.8. The number of rotatable bonds is 5. The van der Waals surface area contributed by atoms with Crippen molar-refractivity contribution in [2.75, 3.05) is 18.6 Å². The van der Waals surface area contributed by atoms with Gasteiger partial charge in [0, 0.05) is 13.1 Å². The van der Waals surface area contributed by atoms with Gasteiger partial charge in [-0.25, -0.2) is 18.0 Å². The molecule has 1 saturated heterocycles. The molecule has 0 aromatic rings. The molecule has 0 radical (unpaired) electrons. The van der Waals surface area contributed by atoms with Crippen LogP contribution in [0.3, 0.4) is 0 Å². The number of carboxylic acid groups (broad SMARTS) is 1. The van der Waals surface area contributed by atoms with Gasteiger partial charge in [0.05, 0.1) is 11.5 Å². The highest BCUT2D eigenvalue weighted by atomic mass is 32.2. The highest BCUT2D eigenvalue weighted by Gasteiger charge is 2.33. The van der Waals surface area contributed by atoms with Crippen LogP contribution in [0.2, 0.25) is 0 Å². The van der Waals surface area contributed by atoms with Crippen LogP contribution in [0.15, 0.2) is 0 Å². The fraction of sp³-hybridized carbons (Fsp3) is 0.833. The van der Waals surface area contributed by atoms with Crippen LogP contribution in [0.25, 0.3) is 0 Å². The van der Waals surface area contributed by atoms with Crippen molar-refractivity contribution in [2.45, 2.75) is 38.8 Å². The number of urea groups is 1. The molecule has 0 saturated carbocycles. The number of amides is 2. The molecule has 0 aromatic carbocycles. The van der Waals surface area contributed by atoms with E-state index in [1.54, 1.807) is 0 Å². The second kappa shape index (κ2) is 6.43. The minimum Gasteiger partial charge on any atom is -0.480 e. The summed E-state index contributed by atoms with van der Waals surface area (Å²) in [6, 6.07) is -1.88. The van der Waals surface area contributed by atoms with Crippen LogP contribution in [0, 0.1) is 5.92 Å². The van der Waals surface area contributed by atoms with E-state index >= 15 is 0 Å². The van der Waals surface area contributed by atoms with Gasteiger partial charge in [0.15, 0.2) is 9.84 Å². The van der Waals surface area contributed by atoms with Crippen LogP contribution in [0.5, 0.6) is 0 Å². The number of carboxylic acids is 1. The Hall–Kier alpha value is -1.31. The van der Waals surface area contributed by atoms with E-state index in [1.165, 1.54) is 11.9 Å². The summed E-state index contributed by atoms with van der Waals surface area (Å²) >= 11 is 0. The van der Waals surface area contributed by atoms with Gasteiger partial charge in [0.2, 0.25) is 0 Å². The van der Waals surface area contributed by atoms with Crippen molar-refractivity contribution in [1.29, 1.82) is 0 Å². The zero-order valence-electron chi connectivity index (χ0n) is 12.0. The lowest BCUT2D eigenvalue weighted by atomic mass is 10.0. The molecule has 1 fully saturated rings. The molecule has 1 rings (SSSR count). The molecule has 0 bridgehead atoms. The Morgan fingerprint density at radius 3 is 2.40 bits per heavy atom. The van der Waals surface area contributed by atoms with E-state index in [0.29, 0.717) is 12.8 Å². The second-order valence-corrected chi connectivity index (χ2v) is 7.87.